The number of hydrogen-bond acceptors (Lipinski definition) is 5. The number of hydrogen-bond donors (Lipinski definition) is 2. The highest BCUT2D eigenvalue weighted by Gasteiger charge is 2.16. The quantitative estimate of drug-likeness (QED) is 0.566. The van der Waals surface area contributed by atoms with Gasteiger partial charge in [-0.25, -0.2) is 8.42 Å². The van der Waals surface area contributed by atoms with Crippen LogP contribution in [0.25, 0.3) is 0 Å². The molecule has 0 heterocycles. The Labute approximate surface area is 112 Å². The van der Waals surface area contributed by atoms with Crippen LogP contribution in [0.5, 0.6) is 0 Å². The number of rotatable bonds is 7. The molecule has 0 saturated carbocycles. The Morgan fingerprint density at radius 2 is 2.05 bits per heavy atom. The summed E-state index contributed by atoms with van der Waals surface area (Å²) in [5, 5.41) is 2.48. The summed E-state index contributed by atoms with van der Waals surface area (Å²) < 4.78 is 28.1. The average molecular weight is 286 g/mol. The fourth-order valence-corrected chi connectivity index (χ4v) is 2.67. The molecule has 0 unspecified atom stereocenters. The second-order valence-corrected chi connectivity index (χ2v) is 6.26. The van der Waals surface area contributed by atoms with E-state index in [9.17, 15) is 13.2 Å². The van der Waals surface area contributed by atoms with Crippen LogP contribution in [0.1, 0.15) is 6.42 Å². The van der Waals surface area contributed by atoms with Crippen LogP contribution < -0.4 is 11.1 Å². The third-order valence-electron chi connectivity index (χ3n) is 2.39. The number of amides is 1. The van der Waals surface area contributed by atoms with E-state index in [1.807, 2.05) is 0 Å². The summed E-state index contributed by atoms with van der Waals surface area (Å²) in [6.07, 6.45) is 0.375. The summed E-state index contributed by atoms with van der Waals surface area (Å²) in [7, 11) is -1.92. The summed E-state index contributed by atoms with van der Waals surface area (Å²) >= 11 is 0. The Bertz CT molecular complexity index is 528. The van der Waals surface area contributed by atoms with E-state index in [0.717, 1.165) is 0 Å². The Balaban J connectivity index is 2.53. The van der Waals surface area contributed by atoms with Gasteiger partial charge >= 0.3 is 0 Å². The lowest BCUT2D eigenvalue weighted by atomic mass is 10.3. The lowest BCUT2D eigenvalue weighted by molar-refractivity contribution is -0.113. The van der Waals surface area contributed by atoms with E-state index < -0.39 is 21.5 Å². The molecule has 0 spiro atoms. The Kier molecular flexibility index (Phi) is 5.78. The van der Waals surface area contributed by atoms with Crippen molar-refractivity contribution in [2.24, 2.45) is 0 Å². The van der Waals surface area contributed by atoms with Gasteiger partial charge in [0.15, 0.2) is 9.84 Å². The molecule has 0 bridgehead atoms. The van der Waals surface area contributed by atoms with Gasteiger partial charge in [0, 0.05) is 13.7 Å². The van der Waals surface area contributed by atoms with Gasteiger partial charge in [0.2, 0.25) is 5.91 Å². The average Bonchev–Trinajstić information content (AvgIpc) is 2.31. The molecule has 0 aliphatic heterocycles. The predicted octanol–water partition coefficient (Wildman–Crippen LogP) is 0.659. The number of para-hydroxylation sites is 2. The van der Waals surface area contributed by atoms with Crippen LogP contribution in [-0.4, -0.2) is 39.5 Å². The highest BCUT2D eigenvalue weighted by molar-refractivity contribution is 7.92. The fourth-order valence-electron chi connectivity index (χ4n) is 1.49. The van der Waals surface area contributed by atoms with Gasteiger partial charge in [0.05, 0.1) is 17.1 Å². The molecule has 0 radical (unpaired) electrons. The number of carbonyl (C=O) groups excluding carboxylic acids is 1. The molecule has 0 atom stereocenters. The maximum atomic E-state index is 11.6. The van der Waals surface area contributed by atoms with Crippen molar-refractivity contribution in [1.29, 1.82) is 0 Å². The Hall–Kier alpha value is -1.60. The normalized spacial score (nSPS) is 11.2. The van der Waals surface area contributed by atoms with E-state index in [2.05, 4.69) is 5.32 Å². The summed E-state index contributed by atoms with van der Waals surface area (Å²) in [6, 6.07) is 6.68. The van der Waals surface area contributed by atoms with Crippen LogP contribution in [0.15, 0.2) is 24.3 Å². The minimum Gasteiger partial charge on any atom is -0.397 e. The summed E-state index contributed by atoms with van der Waals surface area (Å²) in [6.45, 7) is 0.354. The minimum atomic E-state index is -3.42. The highest BCUT2D eigenvalue weighted by atomic mass is 32.2. The molecule has 106 valence electrons. The van der Waals surface area contributed by atoms with Gasteiger partial charge in [-0.1, -0.05) is 12.1 Å². The van der Waals surface area contributed by atoms with Crippen molar-refractivity contribution < 1.29 is 17.9 Å². The first kappa shape index (κ1) is 15.5. The lowest BCUT2D eigenvalue weighted by Gasteiger charge is -2.08. The summed E-state index contributed by atoms with van der Waals surface area (Å²) in [5.41, 5.74) is 6.46. The van der Waals surface area contributed by atoms with E-state index in [1.54, 1.807) is 24.3 Å². The molecule has 1 aromatic rings. The largest absolute Gasteiger partial charge is 0.397 e. The van der Waals surface area contributed by atoms with Gasteiger partial charge in [0.1, 0.15) is 5.75 Å². The van der Waals surface area contributed by atoms with Gasteiger partial charge in [-0.15, -0.1) is 0 Å². The number of benzene rings is 1. The first-order valence-corrected chi connectivity index (χ1v) is 7.60. The van der Waals surface area contributed by atoms with Crippen LogP contribution in [-0.2, 0) is 19.4 Å². The van der Waals surface area contributed by atoms with Gasteiger partial charge in [-0.05, 0) is 18.6 Å². The van der Waals surface area contributed by atoms with Gasteiger partial charge in [0.25, 0.3) is 0 Å². The molecular formula is C12H18N2O4S. The molecule has 0 aromatic heterocycles. The lowest BCUT2D eigenvalue weighted by Crippen LogP contribution is -2.25. The van der Waals surface area contributed by atoms with E-state index >= 15 is 0 Å². The van der Waals surface area contributed by atoms with E-state index in [4.69, 9.17) is 10.5 Å². The molecule has 0 saturated heterocycles. The predicted molar refractivity (Wildman–Crippen MR) is 74.6 cm³/mol. The summed E-state index contributed by atoms with van der Waals surface area (Å²) in [4.78, 5) is 11.6. The number of ether oxygens (including phenoxy) is 1. The number of sulfone groups is 1. The first-order valence-electron chi connectivity index (χ1n) is 5.78. The number of carbonyl (C=O) groups is 1. The molecule has 1 aromatic carbocycles. The molecule has 3 N–H and O–H groups in total. The molecule has 19 heavy (non-hydrogen) atoms. The molecule has 0 aliphatic rings. The number of nitrogens with one attached hydrogen (secondary N) is 1. The van der Waals surface area contributed by atoms with Crippen LogP contribution in [0, 0.1) is 0 Å². The number of methoxy groups -OCH3 is 1. The molecule has 7 heteroatoms. The van der Waals surface area contributed by atoms with Crippen molar-refractivity contribution >= 4 is 27.1 Å². The molecular weight excluding hydrogens is 268 g/mol. The first-order chi connectivity index (χ1) is 8.94. The second-order valence-electron chi connectivity index (χ2n) is 4.07. The van der Waals surface area contributed by atoms with E-state index in [-0.39, 0.29) is 5.75 Å². The zero-order valence-corrected chi connectivity index (χ0v) is 11.6. The molecule has 0 fully saturated rings. The SMILES string of the molecule is COCCCS(=O)(=O)CC(=O)Nc1ccccc1N. The summed E-state index contributed by atoms with van der Waals surface area (Å²) in [5.74, 6) is -1.21. The third kappa shape index (κ3) is 5.71. The maximum absolute atomic E-state index is 11.6. The van der Waals surface area contributed by atoms with Crippen LogP contribution in [0.4, 0.5) is 11.4 Å². The van der Waals surface area contributed by atoms with Crippen molar-refractivity contribution in [3.8, 4) is 0 Å². The Morgan fingerprint density at radius 3 is 2.68 bits per heavy atom. The van der Waals surface area contributed by atoms with Gasteiger partial charge in [-0.3, -0.25) is 4.79 Å². The van der Waals surface area contributed by atoms with Crippen molar-refractivity contribution in [2.45, 2.75) is 6.42 Å². The molecule has 1 rings (SSSR count). The highest BCUT2D eigenvalue weighted by Crippen LogP contribution is 2.16. The van der Waals surface area contributed by atoms with Crippen molar-refractivity contribution in [3.63, 3.8) is 0 Å². The van der Waals surface area contributed by atoms with Crippen LogP contribution >= 0.6 is 0 Å². The second kappa shape index (κ2) is 7.10. The standard InChI is InChI=1S/C12H18N2O4S/c1-18-7-4-8-19(16,17)9-12(15)14-11-6-3-2-5-10(11)13/h2-3,5-6H,4,7-9,13H2,1H3,(H,14,15). The number of anilines is 2. The zero-order chi connectivity index (χ0) is 14.3. The molecule has 6 nitrogen and oxygen atoms in total. The number of nitrogens with two attached hydrogens (primary N) is 1. The van der Waals surface area contributed by atoms with Crippen molar-refractivity contribution in [1.82, 2.24) is 0 Å². The third-order valence-corrected chi connectivity index (χ3v) is 4.00. The van der Waals surface area contributed by atoms with Gasteiger partial charge in [-0.2, -0.15) is 0 Å². The smallest absolute Gasteiger partial charge is 0.239 e. The van der Waals surface area contributed by atoms with Gasteiger partial charge < -0.3 is 15.8 Å². The van der Waals surface area contributed by atoms with Crippen LogP contribution in [0.2, 0.25) is 0 Å². The van der Waals surface area contributed by atoms with Crippen LogP contribution in [0.3, 0.4) is 0 Å². The molecule has 1 amide bonds. The minimum absolute atomic E-state index is 0.0709. The number of nitrogen functional groups attached to an aromatic ring is 1. The molecule has 0 aliphatic carbocycles. The van der Waals surface area contributed by atoms with E-state index in [0.29, 0.717) is 24.4 Å². The monoisotopic (exact) mass is 286 g/mol. The Morgan fingerprint density at radius 1 is 1.37 bits per heavy atom. The zero-order valence-electron chi connectivity index (χ0n) is 10.8. The van der Waals surface area contributed by atoms with Crippen molar-refractivity contribution in [2.75, 3.05) is 36.3 Å². The fraction of sp³-hybridized carbons (Fsp3) is 0.417. The maximum Gasteiger partial charge on any atom is 0.239 e. The van der Waals surface area contributed by atoms with E-state index in [1.165, 1.54) is 7.11 Å². The topological polar surface area (TPSA) is 98.5 Å². The van der Waals surface area contributed by atoms with Crippen molar-refractivity contribution in [3.05, 3.63) is 24.3 Å².